The van der Waals surface area contributed by atoms with Crippen LogP contribution in [0.1, 0.15) is 40.0 Å². The predicted octanol–water partition coefficient (Wildman–Crippen LogP) is 7.06. The van der Waals surface area contributed by atoms with Crippen molar-refractivity contribution in [2.24, 2.45) is 5.92 Å². The Kier molecular flexibility index (Phi) is 14.4. The van der Waals surface area contributed by atoms with Gasteiger partial charge in [-0.3, -0.25) is 0 Å². The van der Waals surface area contributed by atoms with Crippen LogP contribution in [-0.4, -0.2) is 55.3 Å². The second-order valence-corrected chi connectivity index (χ2v) is 10.2. The zero-order valence-corrected chi connectivity index (χ0v) is 25.2. The van der Waals surface area contributed by atoms with Crippen molar-refractivity contribution >= 4 is 27.4 Å². The number of hydrogen-bond acceptors (Lipinski definition) is 8. The number of rotatable bonds is 10. The maximum Gasteiger partial charge on any atom is 0.248 e. The molecule has 1 fully saturated rings. The third-order valence-electron chi connectivity index (χ3n) is 5.92. The standard InChI is InChI=1S/C23H32FN5O3.C6H9Br/c1-16(24)12-26-22-21-23(28-15-27-22)32-20(19(13-25-21)11-17(2)30-4)7-10-31-14-18-5-8-29(3)9-6-18;1-3-4-5-6(2)7/h7,10-12,15,18,25H,5-6,8-9,13-14H2,1-4H3,(H,26,27,28);4-5H,2-3H2,1H3/b10-7+,16-12-,17-11+;5-4-. The molecule has 0 atom stereocenters. The summed E-state index contributed by atoms with van der Waals surface area (Å²) >= 11 is 3.19. The SMILES string of the molecule is C=C(Br)/C=C\CC.CO/C(C)=C/C1=C(\C=C\OCC2CCN(C)CC2)Oc2ncnc(N/C=C(/C)F)c2NC1. The first kappa shape index (κ1) is 32.1. The summed E-state index contributed by atoms with van der Waals surface area (Å²) < 4.78 is 31.4. The van der Waals surface area contributed by atoms with E-state index in [1.54, 1.807) is 19.4 Å². The van der Waals surface area contributed by atoms with Crippen molar-refractivity contribution < 1.29 is 18.6 Å². The van der Waals surface area contributed by atoms with Crippen LogP contribution < -0.4 is 15.4 Å². The number of allylic oxidation sites excluding steroid dienone is 6. The van der Waals surface area contributed by atoms with E-state index in [-0.39, 0.29) is 5.83 Å². The molecule has 0 aromatic carbocycles. The highest BCUT2D eigenvalue weighted by Crippen LogP contribution is 2.33. The largest absolute Gasteiger partial charge is 0.501 e. The summed E-state index contributed by atoms with van der Waals surface area (Å²) in [6.07, 6.45) is 15.3. The van der Waals surface area contributed by atoms with Crippen LogP contribution in [0.2, 0.25) is 0 Å². The number of anilines is 2. The number of methoxy groups -OCH3 is 1. The number of piperidine rings is 1. The van der Waals surface area contributed by atoms with Gasteiger partial charge < -0.3 is 29.7 Å². The lowest BCUT2D eigenvalue weighted by atomic mass is 9.98. The smallest absolute Gasteiger partial charge is 0.248 e. The van der Waals surface area contributed by atoms with Gasteiger partial charge in [-0.1, -0.05) is 41.6 Å². The monoisotopic (exact) mass is 605 g/mol. The van der Waals surface area contributed by atoms with Gasteiger partial charge >= 0.3 is 0 Å². The van der Waals surface area contributed by atoms with Crippen molar-refractivity contribution in [2.75, 3.05) is 51.0 Å². The molecule has 0 radical (unpaired) electrons. The van der Waals surface area contributed by atoms with Gasteiger partial charge in [0.05, 0.1) is 25.7 Å². The van der Waals surface area contributed by atoms with Gasteiger partial charge in [0, 0.05) is 28.9 Å². The summed E-state index contributed by atoms with van der Waals surface area (Å²) in [5, 5.41) is 6.11. The van der Waals surface area contributed by atoms with Crippen molar-refractivity contribution in [3.05, 3.63) is 77.1 Å². The second kappa shape index (κ2) is 17.5. The fourth-order valence-electron chi connectivity index (χ4n) is 3.67. The van der Waals surface area contributed by atoms with Crippen molar-refractivity contribution in [2.45, 2.75) is 40.0 Å². The first-order chi connectivity index (χ1) is 18.7. The summed E-state index contributed by atoms with van der Waals surface area (Å²) in [5.74, 6) is 2.26. The van der Waals surface area contributed by atoms with Crippen molar-refractivity contribution in [3.63, 3.8) is 0 Å². The van der Waals surface area contributed by atoms with E-state index in [2.05, 4.69) is 68.1 Å². The highest BCUT2D eigenvalue weighted by Gasteiger charge is 2.20. The highest BCUT2D eigenvalue weighted by atomic mass is 79.9. The highest BCUT2D eigenvalue weighted by molar-refractivity contribution is 9.11. The molecule has 8 nitrogen and oxygen atoms in total. The van der Waals surface area contributed by atoms with Crippen LogP contribution in [0, 0.1) is 5.92 Å². The molecule has 2 aliphatic rings. The molecule has 1 saturated heterocycles. The van der Waals surface area contributed by atoms with Crippen LogP contribution in [0.15, 0.2) is 77.1 Å². The van der Waals surface area contributed by atoms with Gasteiger partial charge in [0.25, 0.3) is 0 Å². The molecule has 3 rings (SSSR count). The zero-order chi connectivity index (χ0) is 28.6. The molecule has 2 aliphatic heterocycles. The first-order valence-corrected chi connectivity index (χ1v) is 13.8. The van der Waals surface area contributed by atoms with Gasteiger partial charge in [0.15, 0.2) is 5.82 Å². The first-order valence-electron chi connectivity index (χ1n) is 13.0. The van der Waals surface area contributed by atoms with Gasteiger partial charge in [-0.05, 0) is 65.2 Å². The second-order valence-electron chi connectivity index (χ2n) is 9.22. The number of nitrogens with zero attached hydrogens (tertiary/aromatic N) is 3. The summed E-state index contributed by atoms with van der Waals surface area (Å²) in [6, 6.07) is 0. The van der Waals surface area contributed by atoms with E-state index in [9.17, 15) is 4.39 Å². The van der Waals surface area contributed by atoms with Crippen LogP contribution in [-0.2, 0) is 9.47 Å². The number of nitrogens with one attached hydrogen (secondary N) is 2. The fraction of sp³-hybridized carbons (Fsp3) is 0.448. The summed E-state index contributed by atoms with van der Waals surface area (Å²) in [6.45, 7) is 12.3. The molecule has 0 aliphatic carbocycles. The third kappa shape index (κ3) is 12.1. The van der Waals surface area contributed by atoms with E-state index >= 15 is 0 Å². The molecular weight excluding hydrogens is 565 g/mol. The Morgan fingerprint density at radius 3 is 2.69 bits per heavy atom. The van der Waals surface area contributed by atoms with Crippen molar-refractivity contribution in [1.29, 1.82) is 0 Å². The summed E-state index contributed by atoms with van der Waals surface area (Å²) in [7, 11) is 3.76. The Morgan fingerprint density at radius 1 is 1.33 bits per heavy atom. The molecule has 10 heteroatoms. The molecule has 0 spiro atoms. The average Bonchev–Trinajstić information content (AvgIpc) is 3.09. The van der Waals surface area contributed by atoms with Crippen LogP contribution in [0.4, 0.5) is 15.9 Å². The normalized spacial score (nSPS) is 17.1. The minimum Gasteiger partial charge on any atom is -0.501 e. The number of fused-ring (bicyclic) bond motifs is 1. The van der Waals surface area contributed by atoms with Gasteiger partial charge in [-0.15, -0.1) is 0 Å². The van der Waals surface area contributed by atoms with Gasteiger partial charge in [0.2, 0.25) is 5.88 Å². The van der Waals surface area contributed by atoms with E-state index in [1.165, 1.54) is 19.5 Å². The Balaban J connectivity index is 0.000000673. The number of halogens is 2. The lowest BCUT2D eigenvalue weighted by Gasteiger charge is -2.28. The van der Waals surface area contributed by atoms with Gasteiger partial charge in [-0.25, -0.2) is 9.37 Å². The maximum atomic E-state index is 13.2. The lowest BCUT2D eigenvalue weighted by molar-refractivity contribution is 0.133. The Morgan fingerprint density at radius 2 is 2.08 bits per heavy atom. The van der Waals surface area contributed by atoms with Gasteiger partial charge in [-0.2, -0.15) is 4.98 Å². The van der Waals surface area contributed by atoms with Crippen LogP contribution in [0.3, 0.4) is 0 Å². The predicted molar refractivity (Wildman–Crippen MR) is 160 cm³/mol. The molecule has 0 amide bonds. The zero-order valence-electron chi connectivity index (χ0n) is 23.6. The van der Waals surface area contributed by atoms with Crippen molar-refractivity contribution in [3.8, 4) is 5.88 Å². The average molecular weight is 607 g/mol. The molecule has 0 unspecified atom stereocenters. The molecule has 2 N–H and O–H groups in total. The molecule has 3 heterocycles. The molecule has 39 heavy (non-hydrogen) atoms. The minimum absolute atomic E-state index is 0.334. The Bertz CT molecular complexity index is 1090. The van der Waals surface area contributed by atoms with Gasteiger partial charge in [0.1, 0.15) is 23.6 Å². The number of ether oxygens (including phenoxy) is 3. The Labute approximate surface area is 240 Å². The van der Waals surface area contributed by atoms with E-state index in [0.29, 0.717) is 42.2 Å². The van der Waals surface area contributed by atoms with Crippen LogP contribution in [0.25, 0.3) is 0 Å². The number of likely N-dealkylation sites (tertiary alicyclic amines) is 1. The van der Waals surface area contributed by atoms with Crippen LogP contribution >= 0.6 is 15.9 Å². The molecule has 0 saturated carbocycles. The van der Waals surface area contributed by atoms with E-state index in [4.69, 9.17) is 14.2 Å². The lowest BCUT2D eigenvalue weighted by Crippen LogP contribution is -2.31. The molecule has 1 aromatic rings. The molecule has 214 valence electrons. The fourth-order valence-corrected chi connectivity index (χ4v) is 3.85. The number of hydrogen-bond donors (Lipinski definition) is 2. The maximum absolute atomic E-state index is 13.2. The number of aromatic nitrogens is 2. The molecule has 0 bridgehead atoms. The quantitative estimate of drug-likeness (QED) is 0.217. The molecule has 1 aromatic heterocycles. The molecular formula is C29H41BrFN5O3. The summed E-state index contributed by atoms with van der Waals surface area (Å²) in [5.41, 5.74) is 1.39. The minimum atomic E-state index is -0.366. The summed E-state index contributed by atoms with van der Waals surface area (Å²) in [4.78, 5) is 10.8. The Hall–Kier alpha value is -3.11. The van der Waals surface area contributed by atoms with Crippen LogP contribution in [0.5, 0.6) is 5.88 Å². The van der Waals surface area contributed by atoms with Crippen molar-refractivity contribution in [1.82, 2.24) is 14.9 Å². The third-order valence-corrected chi connectivity index (χ3v) is 6.18. The van der Waals surface area contributed by atoms with E-state index < -0.39 is 0 Å². The van der Waals surface area contributed by atoms with E-state index in [1.807, 2.05) is 19.1 Å². The van der Waals surface area contributed by atoms with E-state index in [0.717, 1.165) is 48.2 Å². The topological polar surface area (TPSA) is 80.8 Å².